The van der Waals surface area contributed by atoms with Crippen LogP contribution in [0.4, 0.5) is 5.82 Å². The smallest absolute Gasteiger partial charge is 0.307 e. The zero-order chi connectivity index (χ0) is 13.5. The highest BCUT2D eigenvalue weighted by Gasteiger charge is 2.65. The minimum Gasteiger partial charge on any atom is -0.481 e. The first kappa shape index (κ1) is 12.3. The summed E-state index contributed by atoms with van der Waals surface area (Å²) in [5, 5.41) is 17.3. The number of hydrogen-bond donors (Lipinski definition) is 3. The molecule has 0 spiro atoms. The molecule has 3 N–H and O–H groups in total. The van der Waals surface area contributed by atoms with Gasteiger partial charge in [-0.3, -0.25) is 14.4 Å². The van der Waals surface area contributed by atoms with Gasteiger partial charge in [0.1, 0.15) is 0 Å². The monoisotopic (exact) mass is 251 g/mol. The van der Waals surface area contributed by atoms with Crippen LogP contribution in [0, 0.1) is 17.3 Å². The minimum atomic E-state index is -0.977. The molecular formula is C11H13N3O4. The van der Waals surface area contributed by atoms with Crippen molar-refractivity contribution >= 4 is 17.7 Å². The normalized spacial score (nSPS) is 24.3. The van der Waals surface area contributed by atoms with Crippen LogP contribution in [-0.4, -0.2) is 27.2 Å². The molecule has 7 heteroatoms. The van der Waals surface area contributed by atoms with Gasteiger partial charge in [0.25, 0.3) is 5.56 Å². The van der Waals surface area contributed by atoms with Gasteiger partial charge >= 0.3 is 5.97 Å². The summed E-state index contributed by atoms with van der Waals surface area (Å²) in [7, 11) is 0. The molecular weight excluding hydrogens is 238 g/mol. The molecule has 1 fully saturated rings. The Morgan fingerprint density at radius 2 is 2.06 bits per heavy atom. The molecule has 0 aromatic carbocycles. The fourth-order valence-corrected chi connectivity index (χ4v) is 2.21. The number of hydrogen-bond acceptors (Lipinski definition) is 4. The van der Waals surface area contributed by atoms with Crippen molar-refractivity contribution in [3.63, 3.8) is 0 Å². The molecule has 0 aliphatic heterocycles. The Labute approximate surface area is 102 Å². The molecule has 0 saturated heterocycles. The zero-order valence-corrected chi connectivity index (χ0v) is 9.93. The third kappa shape index (κ3) is 1.99. The van der Waals surface area contributed by atoms with Gasteiger partial charge in [-0.25, -0.2) is 5.10 Å². The molecule has 1 saturated carbocycles. The number of carboxylic acids is 1. The van der Waals surface area contributed by atoms with Crippen molar-refractivity contribution < 1.29 is 14.7 Å². The van der Waals surface area contributed by atoms with Gasteiger partial charge in [0.2, 0.25) is 5.91 Å². The summed E-state index contributed by atoms with van der Waals surface area (Å²) < 4.78 is 0. The topological polar surface area (TPSA) is 112 Å². The number of rotatable bonds is 3. The Morgan fingerprint density at radius 1 is 1.39 bits per heavy atom. The molecule has 0 bridgehead atoms. The molecule has 1 aromatic heterocycles. The van der Waals surface area contributed by atoms with Crippen molar-refractivity contribution in [3.05, 3.63) is 22.5 Å². The second kappa shape index (κ2) is 3.94. The molecule has 96 valence electrons. The van der Waals surface area contributed by atoms with Crippen LogP contribution in [0.1, 0.15) is 13.8 Å². The first-order chi connectivity index (χ1) is 8.34. The summed E-state index contributed by atoms with van der Waals surface area (Å²) in [5.74, 6) is -2.43. The largest absolute Gasteiger partial charge is 0.481 e. The Bertz CT molecular complexity index is 543. The van der Waals surface area contributed by atoms with E-state index in [1.165, 1.54) is 12.1 Å². The number of aromatic nitrogens is 2. The van der Waals surface area contributed by atoms with Crippen LogP contribution in [0.3, 0.4) is 0 Å². The third-order valence-corrected chi connectivity index (χ3v) is 3.31. The maximum absolute atomic E-state index is 11.9. The van der Waals surface area contributed by atoms with Gasteiger partial charge in [-0.05, 0) is 11.5 Å². The zero-order valence-electron chi connectivity index (χ0n) is 9.93. The van der Waals surface area contributed by atoms with E-state index in [0.717, 1.165) is 0 Å². The lowest BCUT2D eigenvalue weighted by Crippen LogP contribution is -2.20. The van der Waals surface area contributed by atoms with E-state index in [0.29, 0.717) is 0 Å². The lowest BCUT2D eigenvalue weighted by molar-refractivity contribution is -0.140. The molecule has 2 rings (SSSR count). The van der Waals surface area contributed by atoms with E-state index in [9.17, 15) is 14.4 Å². The van der Waals surface area contributed by atoms with Gasteiger partial charge in [0.05, 0.1) is 11.8 Å². The molecule has 1 amide bonds. The van der Waals surface area contributed by atoms with Crippen molar-refractivity contribution in [2.24, 2.45) is 17.3 Å². The van der Waals surface area contributed by atoms with Crippen molar-refractivity contribution in [2.75, 3.05) is 5.32 Å². The number of nitrogens with one attached hydrogen (secondary N) is 2. The minimum absolute atomic E-state index is 0.200. The second-order valence-corrected chi connectivity index (χ2v) is 4.91. The molecule has 1 aliphatic rings. The second-order valence-electron chi connectivity index (χ2n) is 4.91. The lowest BCUT2D eigenvalue weighted by Gasteiger charge is -2.04. The highest BCUT2D eigenvalue weighted by molar-refractivity contribution is 5.99. The summed E-state index contributed by atoms with van der Waals surface area (Å²) in [4.78, 5) is 33.6. The number of H-pyrrole nitrogens is 1. The van der Waals surface area contributed by atoms with E-state index < -0.39 is 29.1 Å². The molecule has 0 radical (unpaired) electrons. The average molecular weight is 251 g/mol. The number of nitrogens with zero attached hydrogens (tertiary/aromatic N) is 1. The Hall–Kier alpha value is -2.18. The van der Waals surface area contributed by atoms with Crippen molar-refractivity contribution in [2.45, 2.75) is 13.8 Å². The summed E-state index contributed by atoms with van der Waals surface area (Å²) in [6.07, 6.45) is 0. The van der Waals surface area contributed by atoms with Gasteiger partial charge in [0, 0.05) is 6.07 Å². The fraction of sp³-hybridized carbons (Fsp3) is 0.455. The van der Waals surface area contributed by atoms with E-state index in [1.807, 2.05) is 0 Å². The molecule has 2 unspecified atom stereocenters. The predicted octanol–water partition coefficient (Wildman–Crippen LogP) is 0.0652. The summed E-state index contributed by atoms with van der Waals surface area (Å²) in [6.45, 7) is 3.46. The van der Waals surface area contributed by atoms with E-state index in [-0.39, 0.29) is 11.4 Å². The Morgan fingerprint density at radius 3 is 2.50 bits per heavy atom. The van der Waals surface area contributed by atoms with Crippen molar-refractivity contribution in [1.82, 2.24) is 10.2 Å². The highest BCUT2D eigenvalue weighted by atomic mass is 16.4. The molecule has 7 nitrogen and oxygen atoms in total. The molecule has 1 aliphatic carbocycles. The number of carbonyl (C=O) groups excluding carboxylic acids is 1. The van der Waals surface area contributed by atoms with Crippen LogP contribution in [0.15, 0.2) is 16.9 Å². The van der Waals surface area contributed by atoms with E-state index in [4.69, 9.17) is 5.11 Å². The van der Waals surface area contributed by atoms with Gasteiger partial charge in [-0.2, -0.15) is 5.10 Å². The molecule has 1 heterocycles. The first-order valence-corrected chi connectivity index (χ1v) is 5.43. The predicted molar refractivity (Wildman–Crippen MR) is 61.9 cm³/mol. The van der Waals surface area contributed by atoms with Gasteiger partial charge in [-0.15, -0.1) is 0 Å². The maximum Gasteiger partial charge on any atom is 0.307 e. The lowest BCUT2D eigenvalue weighted by atomic mass is 10.1. The fourth-order valence-electron chi connectivity index (χ4n) is 2.21. The Balaban J connectivity index is 2.08. The van der Waals surface area contributed by atoms with Gasteiger partial charge in [-0.1, -0.05) is 13.8 Å². The van der Waals surface area contributed by atoms with Crippen LogP contribution >= 0.6 is 0 Å². The van der Waals surface area contributed by atoms with Crippen molar-refractivity contribution in [1.29, 1.82) is 0 Å². The average Bonchev–Trinajstić information content (AvgIpc) is 2.85. The number of aromatic amines is 1. The van der Waals surface area contributed by atoms with Crippen molar-refractivity contribution in [3.8, 4) is 0 Å². The van der Waals surface area contributed by atoms with E-state index in [2.05, 4.69) is 15.5 Å². The number of amides is 1. The maximum atomic E-state index is 11.9. The van der Waals surface area contributed by atoms with Gasteiger partial charge in [0.15, 0.2) is 5.82 Å². The van der Waals surface area contributed by atoms with Crippen LogP contribution in [0.5, 0.6) is 0 Å². The molecule has 2 atom stereocenters. The van der Waals surface area contributed by atoms with Crippen LogP contribution < -0.4 is 10.9 Å². The first-order valence-electron chi connectivity index (χ1n) is 5.43. The van der Waals surface area contributed by atoms with Crippen LogP contribution in [0.25, 0.3) is 0 Å². The number of anilines is 1. The summed E-state index contributed by atoms with van der Waals surface area (Å²) in [6, 6.07) is 2.59. The van der Waals surface area contributed by atoms with E-state index >= 15 is 0 Å². The molecule has 18 heavy (non-hydrogen) atoms. The molecule has 1 aromatic rings. The summed E-state index contributed by atoms with van der Waals surface area (Å²) >= 11 is 0. The van der Waals surface area contributed by atoms with Gasteiger partial charge < -0.3 is 10.4 Å². The Kier molecular flexibility index (Phi) is 2.68. The summed E-state index contributed by atoms with van der Waals surface area (Å²) in [5.41, 5.74) is -0.930. The number of carboxylic acid groups (broad SMARTS) is 1. The van der Waals surface area contributed by atoms with E-state index in [1.54, 1.807) is 13.8 Å². The van der Waals surface area contributed by atoms with Crippen LogP contribution in [0.2, 0.25) is 0 Å². The SMILES string of the molecule is CC1(C)C(C(=O)O)C1C(=O)Nc1ccc(=O)[nH]n1. The standard InChI is InChI=1S/C11H13N3O4/c1-11(2)7(8(11)10(17)18)9(16)12-5-3-4-6(15)14-13-5/h3-4,7-8H,1-2H3,(H,14,15)(H,17,18)(H,12,13,16). The third-order valence-electron chi connectivity index (χ3n) is 3.31. The highest BCUT2D eigenvalue weighted by Crippen LogP contribution is 2.58. The number of carbonyl (C=O) groups is 2. The number of aliphatic carboxylic acids is 1. The quantitative estimate of drug-likeness (QED) is 0.703. The van der Waals surface area contributed by atoms with Crippen LogP contribution in [-0.2, 0) is 9.59 Å².